The molecule has 0 bridgehead atoms. The molecule has 0 aliphatic carbocycles. The molecule has 22 heavy (non-hydrogen) atoms. The molecule has 2 aromatic rings. The highest BCUT2D eigenvalue weighted by molar-refractivity contribution is 5.86. The molecule has 0 atom stereocenters. The first-order valence-electron chi connectivity index (χ1n) is 8.05. The zero-order chi connectivity index (χ0) is 15.7. The van der Waals surface area contributed by atoms with Gasteiger partial charge in [-0.2, -0.15) is 0 Å². The van der Waals surface area contributed by atoms with Gasteiger partial charge in [0, 0.05) is 42.7 Å². The van der Waals surface area contributed by atoms with Crippen LogP contribution in [0.1, 0.15) is 30.2 Å². The highest BCUT2D eigenvalue weighted by atomic mass is 16.5. The van der Waals surface area contributed by atoms with Crippen molar-refractivity contribution in [1.82, 2.24) is 9.47 Å². The van der Waals surface area contributed by atoms with Crippen molar-refractivity contribution in [2.45, 2.75) is 39.8 Å². The molecule has 0 unspecified atom stereocenters. The predicted molar refractivity (Wildman–Crippen MR) is 88.0 cm³/mol. The van der Waals surface area contributed by atoms with Gasteiger partial charge in [0.1, 0.15) is 0 Å². The second-order valence-electron chi connectivity index (χ2n) is 6.14. The molecule has 1 aromatic heterocycles. The molecule has 1 aliphatic heterocycles. The fourth-order valence-electron chi connectivity index (χ4n) is 3.39. The quantitative estimate of drug-likeness (QED) is 0.814. The Hall–Kier alpha value is -1.81. The monoisotopic (exact) mass is 300 g/mol. The molecule has 0 spiro atoms. The van der Waals surface area contributed by atoms with E-state index < -0.39 is 0 Å². The molecular formula is C18H24N2O2. The van der Waals surface area contributed by atoms with Gasteiger partial charge in [-0.3, -0.25) is 4.79 Å². The second-order valence-corrected chi connectivity index (χ2v) is 6.14. The summed E-state index contributed by atoms with van der Waals surface area (Å²) in [5.74, 6) is -0.113. The van der Waals surface area contributed by atoms with Crippen molar-refractivity contribution in [1.29, 1.82) is 0 Å². The van der Waals surface area contributed by atoms with Crippen molar-refractivity contribution < 1.29 is 9.53 Å². The van der Waals surface area contributed by atoms with Gasteiger partial charge >= 0.3 is 5.97 Å². The van der Waals surface area contributed by atoms with Gasteiger partial charge in [0.2, 0.25) is 0 Å². The molecule has 0 fully saturated rings. The lowest BCUT2D eigenvalue weighted by Crippen LogP contribution is -2.27. The average molecular weight is 300 g/mol. The third kappa shape index (κ3) is 2.75. The van der Waals surface area contributed by atoms with Crippen LogP contribution in [-0.2, 0) is 29.0 Å². The summed E-state index contributed by atoms with van der Waals surface area (Å²) in [5.41, 5.74) is 5.35. The van der Waals surface area contributed by atoms with Gasteiger partial charge in [-0.05, 0) is 38.6 Å². The van der Waals surface area contributed by atoms with Gasteiger partial charge in [0.15, 0.2) is 0 Å². The standard InChI is InChI=1S/C18H24N2O2/c1-4-22-18(21)8-10-20-16-6-5-13(2)11-14(16)15-12-19(3)9-7-17(15)20/h5-6,11H,4,7-10,12H2,1-3H3. The van der Waals surface area contributed by atoms with Gasteiger partial charge in [0.25, 0.3) is 0 Å². The first-order chi connectivity index (χ1) is 10.6. The summed E-state index contributed by atoms with van der Waals surface area (Å²) in [6, 6.07) is 6.61. The number of likely N-dealkylation sites (N-methyl/N-ethyl adjacent to an activating group) is 1. The first kappa shape index (κ1) is 15.1. The summed E-state index contributed by atoms with van der Waals surface area (Å²) in [6.07, 6.45) is 1.48. The highest BCUT2D eigenvalue weighted by Crippen LogP contribution is 2.31. The molecule has 0 amide bonds. The van der Waals surface area contributed by atoms with Gasteiger partial charge in [-0.25, -0.2) is 0 Å². The van der Waals surface area contributed by atoms with E-state index in [9.17, 15) is 4.79 Å². The minimum atomic E-state index is -0.113. The zero-order valence-corrected chi connectivity index (χ0v) is 13.7. The fraction of sp³-hybridized carbons (Fsp3) is 0.500. The molecule has 1 aromatic carbocycles. The Labute approximate surface area is 131 Å². The molecule has 0 N–H and O–H groups in total. The Morgan fingerprint density at radius 3 is 2.95 bits per heavy atom. The van der Waals surface area contributed by atoms with Crippen LogP contribution in [0.15, 0.2) is 18.2 Å². The molecule has 0 saturated heterocycles. The molecule has 4 heteroatoms. The summed E-state index contributed by atoms with van der Waals surface area (Å²) in [7, 11) is 2.17. The number of aryl methyl sites for hydroxylation is 2. The van der Waals surface area contributed by atoms with Crippen LogP contribution >= 0.6 is 0 Å². The van der Waals surface area contributed by atoms with E-state index in [1.165, 1.54) is 27.7 Å². The van der Waals surface area contributed by atoms with Crippen LogP contribution in [0.4, 0.5) is 0 Å². The molecule has 118 valence electrons. The van der Waals surface area contributed by atoms with E-state index in [-0.39, 0.29) is 5.97 Å². The number of rotatable bonds is 4. The van der Waals surface area contributed by atoms with E-state index in [1.54, 1.807) is 0 Å². The Bertz CT molecular complexity index is 703. The van der Waals surface area contributed by atoms with Crippen molar-refractivity contribution in [3.63, 3.8) is 0 Å². The number of carbonyl (C=O) groups is 1. The van der Waals surface area contributed by atoms with Crippen molar-refractivity contribution in [2.75, 3.05) is 20.2 Å². The van der Waals surface area contributed by atoms with Crippen LogP contribution in [0.25, 0.3) is 10.9 Å². The predicted octanol–water partition coefficient (Wildman–Crippen LogP) is 2.89. The highest BCUT2D eigenvalue weighted by Gasteiger charge is 2.22. The minimum absolute atomic E-state index is 0.113. The maximum atomic E-state index is 11.7. The lowest BCUT2D eigenvalue weighted by Gasteiger charge is -2.24. The minimum Gasteiger partial charge on any atom is -0.466 e. The van der Waals surface area contributed by atoms with Crippen LogP contribution in [0.5, 0.6) is 0 Å². The average Bonchev–Trinajstić information content (AvgIpc) is 2.78. The van der Waals surface area contributed by atoms with E-state index >= 15 is 0 Å². The topological polar surface area (TPSA) is 34.5 Å². The van der Waals surface area contributed by atoms with E-state index in [0.717, 1.165) is 19.5 Å². The third-order valence-corrected chi connectivity index (χ3v) is 4.45. The Morgan fingerprint density at radius 1 is 1.36 bits per heavy atom. The molecule has 0 saturated carbocycles. The SMILES string of the molecule is CCOC(=O)CCn1c2c(c3cc(C)ccc31)CN(C)CC2. The number of benzene rings is 1. The van der Waals surface area contributed by atoms with Crippen molar-refractivity contribution in [3.05, 3.63) is 35.0 Å². The summed E-state index contributed by atoms with van der Waals surface area (Å²) in [5, 5.41) is 1.34. The molecule has 0 radical (unpaired) electrons. The van der Waals surface area contributed by atoms with E-state index in [4.69, 9.17) is 4.74 Å². The van der Waals surface area contributed by atoms with Crippen molar-refractivity contribution >= 4 is 16.9 Å². The summed E-state index contributed by atoms with van der Waals surface area (Å²) >= 11 is 0. The number of fused-ring (bicyclic) bond motifs is 3. The molecule has 4 nitrogen and oxygen atoms in total. The fourth-order valence-corrected chi connectivity index (χ4v) is 3.39. The summed E-state index contributed by atoms with van der Waals surface area (Å²) < 4.78 is 7.40. The number of aromatic nitrogens is 1. The lowest BCUT2D eigenvalue weighted by molar-refractivity contribution is -0.143. The molecule has 2 heterocycles. The number of hydrogen-bond acceptors (Lipinski definition) is 3. The number of ether oxygens (including phenoxy) is 1. The van der Waals surface area contributed by atoms with Crippen LogP contribution < -0.4 is 0 Å². The van der Waals surface area contributed by atoms with Gasteiger partial charge in [-0.15, -0.1) is 0 Å². The maximum absolute atomic E-state index is 11.7. The largest absolute Gasteiger partial charge is 0.466 e. The lowest BCUT2D eigenvalue weighted by atomic mass is 10.0. The van der Waals surface area contributed by atoms with Crippen LogP contribution in [0, 0.1) is 6.92 Å². The zero-order valence-electron chi connectivity index (χ0n) is 13.7. The van der Waals surface area contributed by atoms with Crippen LogP contribution in [0.3, 0.4) is 0 Å². The van der Waals surface area contributed by atoms with Crippen molar-refractivity contribution in [2.24, 2.45) is 0 Å². The molecule has 1 aliphatic rings. The maximum Gasteiger partial charge on any atom is 0.307 e. The Balaban J connectivity index is 2.00. The summed E-state index contributed by atoms with van der Waals surface area (Å²) in [6.45, 7) is 7.20. The number of esters is 1. The van der Waals surface area contributed by atoms with E-state index in [1.807, 2.05) is 6.92 Å². The van der Waals surface area contributed by atoms with Crippen LogP contribution in [-0.4, -0.2) is 35.6 Å². The Kier molecular flexibility index (Phi) is 4.21. The first-order valence-corrected chi connectivity index (χ1v) is 8.05. The normalized spacial score (nSPS) is 15.0. The van der Waals surface area contributed by atoms with Gasteiger partial charge < -0.3 is 14.2 Å². The van der Waals surface area contributed by atoms with Gasteiger partial charge in [-0.1, -0.05) is 11.6 Å². The van der Waals surface area contributed by atoms with E-state index in [0.29, 0.717) is 19.6 Å². The number of carbonyl (C=O) groups excluding carboxylic acids is 1. The van der Waals surface area contributed by atoms with Gasteiger partial charge in [0.05, 0.1) is 13.0 Å². The number of hydrogen-bond donors (Lipinski definition) is 0. The molecule has 3 rings (SSSR count). The Morgan fingerprint density at radius 2 is 2.18 bits per heavy atom. The smallest absolute Gasteiger partial charge is 0.307 e. The van der Waals surface area contributed by atoms with E-state index in [2.05, 4.69) is 41.6 Å². The van der Waals surface area contributed by atoms with Crippen molar-refractivity contribution in [3.8, 4) is 0 Å². The number of nitrogens with zero attached hydrogens (tertiary/aromatic N) is 2. The third-order valence-electron chi connectivity index (χ3n) is 4.45. The molecular weight excluding hydrogens is 276 g/mol. The summed E-state index contributed by atoms with van der Waals surface area (Å²) in [4.78, 5) is 14.1. The second kappa shape index (κ2) is 6.13. The van der Waals surface area contributed by atoms with Crippen LogP contribution in [0.2, 0.25) is 0 Å².